The number of benzene rings is 1. The number of aromatic nitrogens is 2. The molecular weight excluding hydrogens is 531 g/mol. The Morgan fingerprint density at radius 2 is 2.00 bits per heavy atom. The summed E-state index contributed by atoms with van der Waals surface area (Å²) >= 11 is 3.50. The number of guanidine groups is 1. The van der Waals surface area contributed by atoms with Gasteiger partial charge in [0.2, 0.25) is 0 Å². The van der Waals surface area contributed by atoms with Crippen molar-refractivity contribution in [3.05, 3.63) is 53.0 Å². The molecule has 28 heavy (non-hydrogen) atoms. The van der Waals surface area contributed by atoms with E-state index in [0.717, 1.165) is 62.5 Å². The largest absolute Gasteiger partial charge is 0.357 e. The number of piperidine rings is 1. The van der Waals surface area contributed by atoms with Gasteiger partial charge in [0, 0.05) is 55.6 Å². The Hall–Kier alpha value is -1.13. The Bertz CT molecular complexity index is 696. The molecule has 8 heteroatoms. The van der Waals surface area contributed by atoms with Gasteiger partial charge in [-0.2, -0.15) is 0 Å². The topological polar surface area (TPSA) is 57.5 Å². The average molecular weight is 561 g/mol. The molecule has 0 atom stereocenters. The van der Waals surface area contributed by atoms with Crippen molar-refractivity contribution in [2.24, 2.45) is 4.99 Å². The van der Waals surface area contributed by atoms with Crippen molar-refractivity contribution in [3.63, 3.8) is 0 Å². The molecular formula is C20H30BrIN6. The fraction of sp³-hybridized carbons (Fsp3) is 0.500. The van der Waals surface area contributed by atoms with Crippen molar-refractivity contribution in [2.75, 3.05) is 26.2 Å². The SMILES string of the molecule is CCNC(=NCCn1ccnc1)NC1CCN(Cc2ccc(Br)cc2)CC1.I. The van der Waals surface area contributed by atoms with Gasteiger partial charge >= 0.3 is 0 Å². The molecule has 6 nitrogen and oxygen atoms in total. The smallest absolute Gasteiger partial charge is 0.191 e. The highest BCUT2D eigenvalue weighted by atomic mass is 127. The quantitative estimate of drug-likeness (QED) is 0.309. The maximum absolute atomic E-state index is 4.71. The van der Waals surface area contributed by atoms with Gasteiger partial charge in [-0.1, -0.05) is 28.1 Å². The number of hydrogen-bond donors (Lipinski definition) is 2. The minimum absolute atomic E-state index is 0. The van der Waals surface area contributed by atoms with E-state index < -0.39 is 0 Å². The first kappa shape index (κ1) is 23.2. The Morgan fingerprint density at radius 1 is 1.25 bits per heavy atom. The molecule has 0 aliphatic carbocycles. The van der Waals surface area contributed by atoms with Crippen molar-refractivity contribution < 1.29 is 0 Å². The molecule has 0 unspecified atom stereocenters. The number of halogens is 2. The number of imidazole rings is 1. The van der Waals surface area contributed by atoms with Crippen LogP contribution in [0.1, 0.15) is 25.3 Å². The fourth-order valence-corrected chi connectivity index (χ4v) is 3.56. The summed E-state index contributed by atoms with van der Waals surface area (Å²) in [6.07, 6.45) is 7.88. The van der Waals surface area contributed by atoms with Gasteiger partial charge in [0.1, 0.15) is 0 Å². The molecule has 0 spiro atoms. The third-order valence-corrected chi connectivity index (χ3v) is 5.31. The molecule has 2 heterocycles. The van der Waals surface area contributed by atoms with Crippen LogP contribution in [0.25, 0.3) is 0 Å². The van der Waals surface area contributed by atoms with E-state index in [9.17, 15) is 0 Å². The monoisotopic (exact) mass is 560 g/mol. The second kappa shape index (κ2) is 12.4. The maximum Gasteiger partial charge on any atom is 0.191 e. The van der Waals surface area contributed by atoms with E-state index in [4.69, 9.17) is 4.99 Å². The van der Waals surface area contributed by atoms with Crippen LogP contribution in [0.2, 0.25) is 0 Å². The molecule has 154 valence electrons. The highest BCUT2D eigenvalue weighted by Crippen LogP contribution is 2.16. The van der Waals surface area contributed by atoms with E-state index >= 15 is 0 Å². The van der Waals surface area contributed by atoms with Gasteiger partial charge in [0.15, 0.2) is 5.96 Å². The first-order valence-corrected chi connectivity index (χ1v) is 10.5. The minimum atomic E-state index is 0. The Labute approximate surface area is 193 Å². The summed E-state index contributed by atoms with van der Waals surface area (Å²) in [5.41, 5.74) is 1.37. The molecule has 0 saturated carbocycles. The normalized spacial score (nSPS) is 15.9. The molecule has 0 amide bonds. The fourth-order valence-electron chi connectivity index (χ4n) is 3.29. The summed E-state index contributed by atoms with van der Waals surface area (Å²) in [5.74, 6) is 0.920. The third-order valence-electron chi connectivity index (χ3n) is 4.78. The molecule has 1 fully saturated rings. The number of nitrogens with one attached hydrogen (secondary N) is 2. The first-order valence-electron chi connectivity index (χ1n) is 9.70. The van der Waals surface area contributed by atoms with Gasteiger partial charge in [-0.05, 0) is 37.5 Å². The molecule has 1 aliphatic rings. The summed E-state index contributed by atoms with van der Waals surface area (Å²) in [6, 6.07) is 9.12. The minimum Gasteiger partial charge on any atom is -0.357 e. The highest BCUT2D eigenvalue weighted by Gasteiger charge is 2.20. The predicted molar refractivity (Wildman–Crippen MR) is 129 cm³/mol. The van der Waals surface area contributed by atoms with Gasteiger partial charge in [-0.15, -0.1) is 24.0 Å². The maximum atomic E-state index is 4.71. The molecule has 1 aromatic heterocycles. The lowest BCUT2D eigenvalue weighted by Crippen LogP contribution is -2.48. The Balaban J connectivity index is 0.00000280. The van der Waals surface area contributed by atoms with Crippen molar-refractivity contribution >= 4 is 45.9 Å². The summed E-state index contributed by atoms with van der Waals surface area (Å²) in [7, 11) is 0. The average Bonchev–Trinajstić information content (AvgIpc) is 3.19. The van der Waals surface area contributed by atoms with Gasteiger partial charge in [-0.25, -0.2) is 4.98 Å². The van der Waals surface area contributed by atoms with Crippen molar-refractivity contribution in [1.82, 2.24) is 25.1 Å². The predicted octanol–water partition coefficient (Wildman–Crippen LogP) is 3.48. The van der Waals surface area contributed by atoms with Crippen molar-refractivity contribution in [3.8, 4) is 0 Å². The zero-order chi connectivity index (χ0) is 18.9. The summed E-state index contributed by atoms with van der Waals surface area (Å²) in [6.45, 7) is 7.83. The van der Waals surface area contributed by atoms with E-state index in [2.05, 4.69) is 67.6 Å². The van der Waals surface area contributed by atoms with E-state index in [1.165, 1.54) is 5.56 Å². The number of hydrogen-bond acceptors (Lipinski definition) is 3. The second-order valence-electron chi connectivity index (χ2n) is 6.88. The zero-order valence-corrected chi connectivity index (χ0v) is 20.3. The molecule has 2 aromatic rings. The standard InChI is InChI=1S/C20H29BrN6.HI/c1-2-23-20(24-10-14-27-13-9-22-16-27)25-19-7-11-26(12-8-19)15-17-3-5-18(21)6-4-17;/h3-6,9,13,16,19H,2,7-8,10-12,14-15H2,1H3,(H2,23,24,25);1H. The Morgan fingerprint density at radius 3 is 2.64 bits per heavy atom. The second-order valence-corrected chi connectivity index (χ2v) is 7.80. The molecule has 1 saturated heterocycles. The van der Waals surface area contributed by atoms with Gasteiger partial charge in [0.25, 0.3) is 0 Å². The van der Waals surface area contributed by atoms with E-state index in [-0.39, 0.29) is 24.0 Å². The highest BCUT2D eigenvalue weighted by molar-refractivity contribution is 14.0. The van der Waals surface area contributed by atoms with E-state index in [1.54, 1.807) is 6.20 Å². The van der Waals surface area contributed by atoms with Crippen molar-refractivity contribution in [1.29, 1.82) is 0 Å². The van der Waals surface area contributed by atoms with Crippen LogP contribution in [0.3, 0.4) is 0 Å². The van der Waals surface area contributed by atoms with Crippen LogP contribution >= 0.6 is 39.9 Å². The summed E-state index contributed by atoms with van der Waals surface area (Å²) < 4.78 is 3.19. The van der Waals surface area contributed by atoms with E-state index in [0.29, 0.717) is 6.04 Å². The van der Waals surface area contributed by atoms with Gasteiger partial charge in [0.05, 0.1) is 12.9 Å². The van der Waals surface area contributed by atoms with Crippen LogP contribution < -0.4 is 10.6 Å². The molecule has 3 rings (SSSR count). The van der Waals surface area contributed by atoms with Crippen LogP contribution in [-0.2, 0) is 13.1 Å². The third kappa shape index (κ3) is 7.71. The first-order chi connectivity index (χ1) is 13.2. The van der Waals surface area contributed by atoms with Gasteiger partial charge < -0.3 is 15.2 Å². The molecule has 0 radical (unpaired) electrons. The number of nitrogens with zero attached hydrogens (tertiary/aromatic N) is 4. The lowest BCUT2D eigenvalue weighted by atomic mass is 10.0. The van der Waals surface area contributed by atoms with Crippen LogP contribution in [0.15, 0.2) is 52.5 Å². The Kier molecular flexibility index (Phi) is 10.3. The summed E-state index contributed by atoms with van der Waals surface area (Å²) in [4.78, 5) is 11.3. The molecule has 0 bridgehead atoms. The van der Waals surface area contributed by atoms with Gasteiger partial charge in [-0.3, -0.25) is 9.89 Å². The number of likely N-dealkylation sites (tertiary alicyclic amines) is 1. The van der Waals surface area contributed by atoms with Crippen molar-refractivity contribution in [2.45, 2.75) is 38.9 Å². The summed E-state index contributed by atoms with van der Waals surface area (Å²) in [5, 5.41) is 6.97. The van der Waals surface area contributed by atoms with Crippen LogP contribution in [0, 0.1) is 0 Å². The van der Waals surface area contributed by atoms with Crippen LogP contribution in [0.5, 0.6) is 0 Å². The number of aliphatic imine (C=N–C) groups is 1. The lowest BCUT2D eigenvalue weighted by Gasteiger charge is -2.33. The lowest BCUT2D eigenvalue weighted by molar-refractivity contribution is 0.198. The molecule has 2 N–H and O–H groups in total. The van der Waals surface area contributed by atoms with E-state index in [1.807, 2.05) is 17.1 Å². The number of rotatable bonds is 7. The molecule has 1 aliphatic heterocycles. The zero-order valence-electron chi connectivity index (χ0n) is 16.4. The molecule has 1 aromatic carbocycles. The van der Waals surface area contributed by atoms with Crippen LogP contribution in [-0.4, -0.2) is 52.6 Å². The van der Waals surface area contributed by atoms with Crippen LogP contribution in [0.4, 0.5) is 0 Å².